The van der Waals surface area contributed by atoms with E-state index >= 15 is 0 Å². The highest BCUT2D eigenvalue weighted by Crippen LogP contribution is 2.42. The number of ether oxygens (including phenoxy) is 1. The molecular formula is C27H33F3N2O2. The largest absolute Gasteiger partial charge is 0.497 e. The molecule has 34 heavy (non-hydrogen) atoms. The Morgan fingerprint density at radius 2 is 1.82 bits per heavy atom. The number of likely N-dealkylation sites (N-methyl/N-ethyl adjacent to an activating group) is 1. The van der Waals surface area contributed by atoms with Gasteiger partial charge in [-0.25, -0.2) is 0 Å². The maximum Gasteiger partial charge on any atom is 0.416 e. The van der Waals surface area contributed by atoms with Crippen LogP contribution < -0.4 is 9.64 Å². The van der Waals surface area contributed by atoms with Crippen LogP contribution in [0.3, 0.4) is 0 Å². The molecule has 2 aromatic carbocycles. The molecule has 4 nitrogen and oxygen atoms in total. The SMILES string of the molecule is C=CC[C@H]1C(=O)N(CCN(CC)CC)c2ccc(C(F)(F)F)cc2C[C@H]1c1ccc(OC)cc1. The van der Waals surface area contributed by atoms with Crippen LogP contribution in [0.4, 0.5) is 18.9 Å². The molecule has 0 fully saturated rings. The number of nitrogens with zero attached hydrogens (tertiary/aromatic N) is 2. The molecule has 184 valence electrons. The normalized spacial score (nSPS) is 18.6. The number of fused-ring (bicyclic) bond motifs is 1. The van der Waals surface area contributed by atoms with Crippen molar-refractivity contribution in [3.05, 3.63) is 71.8 Å². The number of methoxy groups -OCH3 is 1. The van der Waals surface area contributed by atoms with Crippen LogP contribution in [-0.4, -0.2) is 44.1 Å². The van der Waals surface area contributed by atoms with Crippen molar-refractivity contribution < 1.29 is 22.7 Å². The van der Waals surface area contributed by atoms with Crippen molar-refractivity contribution in [2.45, 2.75) is 38.8 Å². The summed E-state index contributed by atoms with van der Waals surface area (Å²) >= 11 is 0. The number of benzene rings is 2. The average molecular weight is 475 g/mol. The summed E-state index contributed by atoms with van der Waals surface area (Å²) in [6.45, 7) is 10.7. The topological polar surface area (TPSA) is 32.8 Å². The Morgan fingerprint density at radius 3 is 2.38 bits per heavy atom. The fourth-order valence-corrected chi connectivity index (χ4v) is 4.72. The highest BCUT2D eigenvalue weighted by molar-refractivity contribution is 5.97. The van der Waals surface area contributed by atoms with Crippen molar-refractivity contribution in [2.75, 3.05) is 38.2 Å². The lowest BCUT2D eigenvalue weighted by atomic mass is 9.80. The Hall–Kier alpha value is -2.80. The summed E-state index contributed by atoms with van der Waals surface area (Å²) in [5.74, 6) is -0.0996. The molecule has 2 aromatic rings. The highest BCUT2D eigenvalue weighted by Gasteiger charge is 2.39. The molecule has 1 aliphatic heterocycles. The molecule has 0 spiro atoms. The van der Waals surface area contributed by atoms with Gasteiger partial charge in [0.2, 0.25) is 5.91 Å². The van der Waals surface area contributed by atoms with E-state index in [9.17, 15) is 18.0 Å². The Labute approximate surface area is 200 Å². The lowest BCUT2D eigenvalue weighted by Gasteiger charge is -2.30. The molecule has 1 aliphatic rings. The number of carbonyl (C=O) groups is 1. The van der Waals surface area contributed by atoms with E-state index in [4.69, 9.17) is 4.74 Å². The molecule has 0 N–H and O–H groups in total. The number of hydrogen-bond donors (Lipinski definition) is 0. The van der Waals surface area contributed by atoms with Crippen LogP contribution in [0.1, 0.15) is 42.9 Å². The molecule has 3 rings (SSSR count). The first-order valence-corrected chi connectivity index (χ1v) is 11.7. The highest BCUT2D eigenvalue weighted by atomic mass is 19.4. The third-order valence-corrected chi connectivity index (χ3v) is 6.71. The molecule has 0 saturated carbocycles. The van der Waals surface area contributed by atoms with Crippen molar-refractivity contribution in [3.63, 3.8) is 0 Å². The van der Waals surface area contributed by atoms with Gasteiger partial charge >= 0.3 is 6.18 Å². The number of allylic oxidation sites excluding steroid dienone is 1. The standard InChI is InChI=1S/C27H33F3N2O2/c1-5-8-23-24(19-9-12-22(34-4)13-10-19)18-20-17-21(27(28,29)30)11-14-25(20)32(26(23)33)16-15-31(6-2)7-3/h5,9-14,17,23-24H,1,6-8,15-16,18H2,2-4H3/t23-,24+/m1/s1. The van der Waals surface area contributed by atoms with Crippen molar-refractivity contribution in [3.8, 4) is 5.75 Å². The summed E-state index contributed by atoms with van der Waals surface area (Å²) in [4.78, 5) is 17.8. The Kier molecular flexibility index (Phi) is 8.42. The lowest BCUT2D eigenvalue weighted by Crippen LogP contribution is -2.42. The first kappa shape index (κ1) is 25.8. The smallest absolute Gasteiger partial charge is 0.416 e. The maximum absolute atomic E-state index is 13.9. The van der Waals surface area contributed by atoms with Crippen LogP contribution in [0, 0.1) is 5.92 Å². The number of carbonyl (C=O) groups excluding carboxylic acids is 1. The molecule has 0 aromatic heterocycles. The maximum atomic E-state index is 13.9. The minimum Gasteiger partial charge on any atom is -0.497 e. The number of amides is 1. The van der Waals surface area contributed by atoms with Crippen molar-refractivity contribution in [1.29, 1.82) is 0 Å². The fraction of sp³-hybridized carbons (Fsp3) is 0.444. The Morgan fingerprint density at radius 1 is 1.15 bits per heavy atom. The molecule has 2 atom stereocenters. The van der Waals surface area contributed by atoms with Crippen LogP contribution in [0.5, 0.6) is 5.75 Å². The van der Waals surface area contributed by atoms with Gasteiger partial charge in [-0.15, -0.1) is 6.58 Å². The molecule has 7 heteroatoms. The van der Waals surface area contributed by atoms with Crippen molar-refractivity contribution in [2.24, 2.45) is 5.92 Å². The molecule has 0 bridgehead atoms. The quantitative estimate of drug-likeness (QED) is 0.423. The van der Waals surface area contributed by atoms with E-state index in [2.05, 4.69) is 25.3 Å². The van der Waals surface area contributed by atoms with Gasteiger partial charge < -0.3 is 14.5 Å². The third kappa shape index (κ3) is 5.63. The van der Waals surface area contributed by atoms with E-state index < -0.39 is 17.7 Å². The summed E-state index contributed by atoms with van der Waals surface area (Å²) < 4.78 is 46.0. The zero-order chi connectivity index (χ0) is 24.9. The number of rotatable bonds is 9. The van der Waals surface area contributed by atoms with Gasteiger partial charge in [0.25, 0.3) is 0 Å². The molecule has 1 amide bonds. The monoisotopic (exact) mass is 474 g/mol. The Bertz CT molecular complexity index is 984. The van der Waals surface area contributed by atoms with E-state index in [1.165, 1.54) is 12.1 Å². The van der Waals surface area contributed by atoms with E-state index in [1.54, 1.807) is 18.1 Å². The molecule has 0 aliphatic carbocycles. The first-order valence-electron chi connectivity index (χ1n) is 11.7. The van der Waals surface area contributed by atoms with Crippen LogP contribution in [0.2, 0.25) is 0 Å². The molecule has 0 radical (unpaired) electrons. The zero-order valence-corrected chi connectivity index (χ0v) is 20.1. The van der Waals surface area contributed by atoms with Gasteiger partial charge in [0.15, 0.2) is 0 Å². The predicted molar refractivity (Wildman–Crippen MR) is 129 cm³/mol. The van der Waals surface area contributed by atoms with Gasteiger partial charge in [-0.2, -0.15) is 13.2 Å². The molecule has 0 unspecified atom stereocenters. The van der Waals surface area contributed by atoms with E-state index in [0.29, 0.717) is 42.9 Å². The fourth-order valence-electron chi connectivity index (χ4n) is 4.72. The number of alkyl halides is 3. The second-order valence-electron chi connectivity index (χ2n) is 8.57. The van der Waals surface area contributed by atoms with Crippen LogP contribution in [-0.2, 0) is 17.4 Å². The second kappa shape index (κ2) is 11.1. The van der Waals surface area contributed by atoms with Crippen LogP contribution in [0.25, 0.3) is 0 Å². The van der Waals surface area contributed by atoms with Gasteiger partial charge in [0.05, 0.1) is 12.7 Å². The van der Waals surface area contributed by atoms with E-state index in [-0.39, 0.29) is 11.8 Å². The van der Waals surface area contributed by atoms with Gasteiger partial charge in [-0.05, 0) is 73.3 Å². The minimum atomic E-state index is -4.45. The summed E-state index contributed by atoms with van der Waals surface area (Å²) in [5, 5.41) is 0. The van der Waals surface area contributed by atoms with Crippen molar-refractivity contribution in [1.82, 2.24) is 4.90 Å². The first-order chi connectivity index (χ1) is 16.2. The van der Waals surface area contributed by atoms with Crippen LogP contribution >= 0.6 is 0 Å². The van der Waals surface area contributed by atoms with Gasteiger partial charge in [-0.3, -0.25) is 4.79 Å². The summed E-state index contributed by atoms with van der Waals surface area (Å²) in [5.41, 5.74) is 1.30. The van der Waals surface area contributed by atoms with E-state index in [0.717, 1.165) is 24.7 Å². The van der Waals surface area contributed by atoms with Crippen molar-refractivity contribution >= 4 is 11.6 Å². The molecule has 1 heterocycles. The summed E-state index contributed by atoms with van der Waals surface area (Å²) in [6.07, 6.45) is -1.96. The van der Waals surface area contributed by atoms with Crippen LogP contribution in [0.15, 0.2) is 55.1 Å². The van der Waals surface area contributed by atoms with Gasteiger partial charge in [0.1, 0.15) is 5.75 Å². The predicted octanol–water partition coefficient (Wildman–Crippen LogP) is 5.92. The minimum absolute atomic E-state index is 0.0774. The summed E-state index contributed by atoms with van der Waals surface area (Å²) in [6, 6.07) is 11.2. The molecular weight excluding hydrogens is 441 g/mol. The average Bonchev–Trinajstić information content (AvgIpc) is 2.94. The number of halogens is 3. The van der Waals surface area contributed by atoms with E-state index in [1.807, 2.05) is 24.3 Å². The summed E-state index contributed by atoms with van der Waals surface area (Å²) in [7, 11) is 1.58. The zero-order valence-electron chi connectivity index (χ0n) is 20.1. The second-order valence-corrected chi connectivity index (χ2v) is 8.57. The third-order valence-electron chi connectivity index (χ3n) is 6.71. The molecule has 0 saturated heterocycles. The lowest BCUT2D eigenvalue weighted by molar-refractivity contribution is -0.137. The number of anilines is 1. The Balaban J connectivity index is 2.11. The number of hydrogen-bond acceptors (Lipinski definition) is 3. The van der Waals surface area contributed by atoms with Gasteiger partial charge in [-0.1, -0.05) is 32.1 Å². The van der Waals surface area contributed by atoms with Gasteiger partial charge in [0, 0.05) is 24.7 Å².